The van der Waals surface area contributed by atoms with Crippen molar-refractivity contribution >= 4 is 17.8 Å². The summed E-state index contributed by atoms with van der Waals surface area (Å²) < 4.78 is 5.25. The van der Waals surface area contributed by atoms with E-state index in [1.807, 2.05) is 0 Å². The summed E-state index contributed by atoms with van der Waals surface area (Å²) in [4.78, 5) is 38.3. The molecule has 1 aliphatic heterocycles. The highest BCUT2D eigenvalue weighted by Crippen LogP contribution is 2.24. The summed E-state index contributed by atoms with van der Waals surface area (Å²) in [6.07, 6.45) is 0.918. The van der Waals surface area contributed by atoms with Crippen molar-refractivity contribution in [2.24, 2.45) is 5.73 Å². The second-order valence-electron chi connectivity index (χ2n) is 5.20. The smallest absolute Gasteiger partial charge is 0.354 e. The maximum absolute atomic E-state index is 12.3. The molecule has 0 saturated carbocycles. The number of nitrogens with zero attached hydrogens (tertiary/aromatic N) is 1. The number of rotatable bonds is 5. The normalized spacial score (nSPS) is 16.7. The average molecular weight is 307 g/mol. The summed E-state index contributed by atoms with van der Waals surface area (Å²) in [7, 11) is 0. The van der Waals surface area contributed by atoms with Crippen LogP contribution in [0.1, 0.15) is 40.2 Å². The van der Waals surface area contributed by atoms with Gasteiger partial charge in [-0.15, -0.1) is 0 Å². The lowest BCUT2D eigenvalue weighted by atomic mass is 9.86. The Kier molecular flexibility index (Phi) is 4.71. The van der Waals surface area contributed by atoms with Crippen molar-refractivity contribution in [1.29, 1.82) is 0 Å². The van der Waals surface area contributed by atoms with E-state index in [0.29, 0.717) is 26.1 Å². The predicted molar refractivity (Wildman–Crippen MR) is 75.3 cm³/mol. The Morgan fingerprint density at radius 2 is 1.91 bits per heavy atom. The maximum atomic E-state index is 12.3. The highest BCUT2D eigenvalue weighted by Gasteiger charge is 2.36. The molecule has 1 saturated heterocycles. The van der Waals surface area contributed by atoms with Gasteiger partial charge in [-0.25, -0.2) is 9.78 Å². The first-order valence-electron chi connectivity index (χ1n) is 6.81. The number of nitrogens with one attached hydrogen (secondary N) is 1. The van der Waals surface area contributed by atoms with Gasteiger partial charge < -0.3 is 20.9 Å². The van der Waals surface area contributed by atoms with Crippen molar-refractivity contribution in [2.45, 2.75) is 24.8 Å². The molecule has 1 aliphatic rings. The van der Waals surface area contributed by atoms with Crippen LogP contribution >= 0.6 is 0 Å². The Labute approximate surface area is 126 Å². The first kappa shape index (κ1) is 15.9. The molecule has 0 spiro atoms. The molecule has 1 aromatic heterocycles. The Morgan fingerprint density at radius 3 is 2.50 bits per heavy atom. The molecule has 8 heteroatoms. The first-order chi connectivity index (χ1) is 10.4. The van der Waals surface area contributed by atoms with Gasteiger partial charge in [0.1, 0.15) is 11.4 Å². The molecule has 0 unspecified atom stereocenters. The van der Waals surface area contributed by atoms with Crippen molar-refractivity contribution < 1.29 is 24.2 Å². The van der Waals surface area contributed by atoms with Gasteiger partial charge in [-0.05, 0) is 25.0 Å². The van der Waals surface area contributed by atoms with E-state index in [-0.39, 0.29) is 17.8 Å². The van der Waals surface area contributed by atoms with Crippen LogP contribution in [-0.2, 0) is 9.53 Å². The number of amides is 2. The third-order valence-corrected chi connectivity index (χ3v) is 3.54. The van der Waals surface area contributed by atoms with Gasteiger partial charge in [-0.2, -0.15) is 0 Å². The summed E-state index contributed by atoms with van der Waals surface area (Å²) in [6.45, 7) is 0.826. The molecule has 0 bridgehead atoms. The van der Waals surface area contributed by atoms with Gasteiger partial charge in [-0.3, -0.25) is 9.59 Å². The SMILES string of the molecule is NC(=O)CC1(NC(=O)c2cccc(C(=O)O)n2)CCOCC1. The topological polar surface area (TPSA) is 132 Å². The molecule has 118 valence electrons. The predicted octanol–water partition coefficient (Wildman–Crippen LogP) is -0.0658. The van der Waals surface area contributed by atoms with Gasteiger partial charge in [-0.1, -0.05) is 6.07 Å². The Morgan fingerprint density at radius 1 is 1.27 bits per heavy atom. The molecular weight excluding hydrogens is 290 g/mol. The minimum absolute atomic E-state index is 0.000716. The number of carbonyl (C=O) groups is 3. The van der Waals surface area contributed by atoms with Crippen LogP contribution in [0.25, 0.3) is 0 Å². The fraction of sp³-hybridized carbons (Fsp3) is 0.429. The molecule has 0 radical (unpaired) electrons. The van der Waals surface area contributed by atoms with E-state index < -0.39 is 23.3 Å². The standard InChI is InChI=1S/C14H17N3O5/c15-11(18)8-14(4-6-22-7-5-14)17-12(19)9-2-1-3-10(16-9)13(20)21/h1-3H,4-8H2,(H2,15,18)(H,17,19)(H,20,21). The fourth-order valence-corrected chi connectivity index (χ4v) is 2.43. The zero-order valence-electron chi connectivity index (χ0n) is 11.9. The van der Waals surface area contributed by atoms with Crippen LogP contribution in [0.15, 0.2) is 18.2 Å². The fourth-order valence-electron chi connectivity index (χ4n) is 2.43. The summed E-state index contributed by atoms with van der Waals surface area (Å²) in [5, 5.41) is 11.7. The molecule has 8 nitrogen and oxygen atoms in total. The van der Waals surface area contributed by atoms with E-state index in [4.69, 9.17) is 15.6 Å². The number of carbonyl (C=O) groups excluding carboxylic acids is 2. The molecule has 0 aliphatic carbocycles. The number of hydrogen-bond donors (Lipinski definition) is 3. The molecule has 0 atom stereocenters. The number of hydrogen-bond acceptors (Lipinski definition) is 5. The molecular formula is C14H17N3O5. The summed E-state index contributed by atoms with van der Waals surface area (Å²) >= 11 is 0. The summed E-state index contributed by atoms with van der Waals surface area (Å²) in [5.41, 5.74) is 4.25. The van der Waals surface area contributed by atoms with Gasteiger partial charge in [0.05, 0.1) is 5.54 Å². The molecule has 2 amide bonds. The number of nitrogens with two attached hydrogens (primary N) is 1. The minimum atomic E-state index is -1.22. The van der Waals surface area contributed by atoms with Crippen LogP contribution in [0.3, 0.4) is 0 Å². The van der Waals surface area contributed by atoms with E-state index in [9.17, 15) is 14.4 Å². The average Bonchev–Trinajstić information content (AvgIpc) is 2.47. The quantitative estimate of drug-likeness (QED) is 0.698. The lowest BCUT2D eigenvalue weighted by Crippen LogP contribution is -2.54. The molecule has 0 aromatic carbocycles. The molecule has 2 rings (SSSR count). The number of pyridine rings is 1. The summed E-state index contributed by atoms with van der Waals surface area (Å²) in [6, 6.07) is 4.15. The van der Waals surface area contributed by atoms with Crippen LogP contribution < -0.4 is 11.1 Å². The van der Waals surface area contributed by atoms with Gasteiger partial charge in [0.15, 0.2) is 0 Å². The van der Waals surface area contributed by atoms with Crippen molar-refractivity contribution in [2.75, 3.05) is 13.2 Å². The molecule has 22 heavy (non-hydrogen) atoms. The van der Waals surface area contributed by atoms with Gasteiger partial charge in [0, 0.05) is 19.6 Å². The van der Waals surface area contributed by atoms with Crippen LogP contribution in [-0.4, -0.2) is 46.6 Å². The zero-order chi connectivity index (χ0) is 16.2. The molecule has 2 heterocycles. The third kappa shape index (κ3) is 3.79. The van der Waals surface area contributed by atoms with Crippen LogP contribution in [0.2, 0.25) is 0 Å². The highest BCUT2D eigenvalue weighted by molar-refractivity contribution is 5.95. The first-order valence-corrected chi connectivity index (χ1v) is 6.81. The number of carboxylic acid groups (broad SMARTS) is 1. The van der Waals surface area contributed by atoms with E-state index in [2.05, 4.69) is 10.3 Å². The van der Waals surface area contributed by atoms with E-state index in [0.717, 1.165) is 0 Å². The van der Waals surface area contributed by atoms with Crippen LogP contribution in [0, 0.1) is 0 Å². The molecule has 4 N–H and O–H groups in total. The van der Waals surface area contributed by atoms with E-state index in [1.54, 1.807) is 0 Å². The van der Waals surface area contributed by atoms with Crippen molar-refractivity contribution in [1.82, 2.24) is 10.3 Å². The van der Waals surface area contributed by atoms with E-state index in [1.165, 1.54) is 18.2 Å². The number of ether oxygens (including phenoxy) is 1. The minimum Gasteiger partial charge on any atom is -0.477 e. The van der Waals surface area contributed by atoms with Crippen molar-refractivity contribution in [3.63, 3.8) is 0 Å². The van der Waals surface area contributed by atoms with Crippen molar-refractivity contribution in [3.8, 4) is 0 Å². The molecule has 1 aromatic rings. The third-order valence-electron chi connectivity index (χ3n) is 3.54. The Balaban J connectivity index is 2.19. The largest absolute Gasteiger partial charge is 0.477 e. The van der Waals surface area contributed by atoms with Gasteiger partial charge in [0.25, 0.3) is 5.91 Å². The zero-order valence-corrected chi connectivity index (χ0v) is 11.9. The van der Waals surface area contributed by atoms with Crippen LogP contribution in [0.4, 0.5) is 0 Å². The van der Waals surface area contributed by atoms with Gasteiger partial charge in [0.2, 0.25) is 5.91 Å². The number of aromatic carboxylic acids is 1. The monoisotopic (exact) mass is 307 g/mol. The number of primary amides is 1. The van der Waals surface area contributed by atoms with Crippen molar-refractivity contribution in [3.05, 3.63) is 29.6 Å². The summed E-state index contributed by atoms with van der Waals surface area (Å²) in [5.74, 6) is -2.27. The van der Waals surface area contributed by atoms with E-state index >= 15 is 0 Å². The lowest BCUT2D eigenvalue weighted by Gasteiger charge is -2.37. The second-order valence-corrected chi connectivity index (χ2v) is 5.20. The van der Waals surface area contributed by atoms with Gasteiger partial charge >= 0.3 is 5.97 Å². The highest BCUT2D eigenvalue weighted by atomic mass is 16.5. The Hall–Kier alpha value is -2.48. The number of carboxylic acids is 1. The second kappa shape index (κ2) is 6.52. The Bertz CT molecular complexity index is 596. The van der Waals surface area contributed by atoms with Crippen LogP contribution in [0.5, 0.6) is 0 Å². The maximum Gasteiger partial charge on any atom is 0.354 e. The lowest BCUT2D eigenvalue weighted by molar-refractivity contribution is -0.120. The molecule has 1 fully saturated rings. The number of aromatic nitrogens is 1.